The van der Waals surface area contributed by atoms with Crippen LogP contribution in [0.2, 0.25) is 0 Å². The molecule has 3 N–H and O–H groups in total. The molecule has 0 saturated carbocycles. The molecule has 0 bridgehead atoms. The summed E-state index contributed by atoms with van der Waals surface area (Å²) in [5.74, 6) is -0.283. The van der Waals surface area contributed by atoms with Crippen molar-refractivity contribution in [2.75, 3.05) is 18.0 Å². The van der Waals surface area contributed by atoms with Crippen LogP contribution in [0.15, 0.2) is 48.7 Å². The summed E-state index contributed by atoms with van der Waals surface area (Å²) < 4.78 is 14.3. The first kappa shape index (κ1) is 20.2. The third-order valence-electron chi connectivity index (χ3n) is 6.06. The van der Waals surface area contributed by atoms with Crippen LogP contribution in [0.3, 0.4) is 0 Å². The molecule has 0 spiro atoms. The number of rotatable bonds is 3. The lowest BCUT2D eigenvalue weighted by molar-refractivity contribution is 0.501. The summed E-state index contributed by atoms with van der Waals surface area (Å²) in [4.78, 5) is 5.63. The zero-order valence-electron chi connectivity index (χ0n) is 17.8. The van der Waals surface area contributed by atoms with E-state index in [1.165, 1.54) is 12.1 Å². The minimum Gasteiger partial charge on any atom is -0.369 e. The lowest BCUT2D eigenvalue weighted by Gasteiger charge is -2.34. The van der Waals surface area contributed by atoms with Crippen molar-refractivity contribution in [3.63, 3.8) is 0 Å². The number of benzene rings is 2. The highest BCUT2D eigenvalue weighted by molar-refractivity contribution is 5.94. The second-order valence-corrected chi connectivity index (χ2v) is 8.36. The van der Waals surface area contributed by atoms with E-state index in [9.17, 15) is 9.65 Å². The number of aromatic nitrogens is 3. The Kier molecular flexibility index (Phi) is 5.08. The topological polar surface area (TPSA) is 94.6 Å². The van der Waals surface area contributed by atoms with Gasteiger partial charge in [-0.05, 0) is 55.2 Å². The number of H-pyrrole nitrogens is 1. The Hall–Kier alpha value is -3.76. The third-order valence-corrected chi connectivity index (χ3v) is 6.06. The number of nitrogens with two attached hydrogens (primary N) is 1. The highest BCUT2D eigenvalue weighted by Crippen LogP contribution is 2.40. The van der Waals surface area contributed by atoms with Gasteiger partial charge in [0.1, 0.15) is 17.6 Å². The Morgan fingerprint density at radius 1 is 1.19 bits per heavy atom. The van der Waals surface area contributed by atoms with Crippen molar-refractivity contribution in [2.24, 2.45) is 5.73 Å². The fraction of sp³-hybridized carbons (Fsp3) is 0.240. The van der Waals surface area contributed by atoms with Crippen LogP contribution in [-0.4, -0.2) is 34.3 Å². The van der Waals surface area contributed by atoms with Gasteiger partial charge in [0.05, 0.1) is 28.7 Å². The van der Waals surface area contributed by atoms with Crippen molar-refractivity contribution in [3.8, 4) is 28.6 Å². The smallest absolute Gasteiger partial charge is 0.133 e. The molecule has 0 unspecified atom stereocenters. The standard InChI is InChI=1S/C25H23FN6/c1-15-9-18(11-19(26)10-15)21-14-29-31-24(25(21)32-7-5-20(28)6-8-32)22-12-16-3-2-4-17(13-27)23(16)30-22/h2-4,9-12,14,20,30H,5-8,28H2,1H3. The van der Waals surface area contributed by atoms with Crippen LogP contribution in [0.4, 0.5) is 10.1 Å². The van der Waals surface area contributed by atoms with E-state index in [1.807, 2.05) is 31.2 Å². The SMILES string of the molecule is Cc1cc(F)cc(-c2cnnc(-c3cc4cccc(C#N)c4[nH]3)c2N2CCC(N)CC2)c1. The van der Waals surface area contributed by atoms with E-state index in [0.717, 1.165) is 64.9 Å². The van der Waals surface area contributed by atoms with Gasteiger partial charge in [0.25, 0.3) is 0 Å². The molecule has 4 aromatic rings. The molecule has 7 heteroatoms. The molecule has 160 valence electrons. The number of aryl methyl sites for hydroxylation is 1. The number of para-hydroxylation sites is 1. The number of anilines is 1. The molecule has 32 heavy (non-hydrogen) atoms. The van der Waals surface area contributed by atoms with Gasteiger partial charge in [-0.2, -0.15) is 10.4 Å². The maximum absolute atomic E-state index is 14.3. The highest BCUT2D eigenvalue weighted by atomic mass is 19.1. The van der Waals surface area contributed by atoms with Crippen LogP contribution in [0.1, 0.15) is 24.0 Å². The molecule has 0 aliphatic carbocycles. The number of aromatic amines is 1. The van der Waals surface area contributed by atoms with Gasteiger partial charge < -0.3 is 15.6 Å². The number of nitriles is 1. The third kappa shape index (κ3) is 3.59. The van der Waals surface area contributed by atoms with Gasteiger partial charge in [-0.25, -0.2) is 4.39 Å². The second-order valence-electron chi connectivity index (χ2n) is 8.36. The van der Waals surface area contributed by atoms with Crippen molar-refractivity contribution in [3.05, 3.63) is 65.6 Å². The molecule has 2 aromatic heterocycles. The largest absolute Gasteiger partial charge is 0.369 e. The normalized spacial score (nSPS) is 14.6. The van der Waals surface area contributed by atoms with E-state index < -0.39 is 0 Å². The molecule has 6 nitrogen and oxygen atoms in total. The molecule has 1 fully saturated rings. The number of halogens is 1. The van der Waals surface area contributed by atoms with Gasteiger partial charge in [0, 0.05) is 30.1 Å². The van der Waals surface area contributed by atoms with Crippen LogP contribution in [0, 0.1) is 24.1 Å². The molecule has 1 saturated heterocycles. The van der Waals surface area contributed by atoms with Crippen LogP contribution < -0.4 is 10.6 Å². The monoisotopic (exact) mass is 426 g/mol. The van der Waals surface area contributed by atoms with Gasteiger partial charge in [0.15, 0.2) is 0 Å². The van der Waals surface area contributed by atoms with Gasteiger partial charge in [-0.15, -0.1) is 5.10 Å². The molecule has 0 amide bonds. The maximum Gasteiger partial charge on any atom is 0.133 e. The summed E-state index contributed by atoms with van der Waals surface area (Å²) in [5.41, 5.74) is 12.3. The fourth-order valence-corrected chi connectivity index (χ4v) is 4.49. The number of piperidine rings is 1. The Morgan fingerprint density at radius 3 is 2.75 bits per heavy atom. The Labute approximate surface area is 185 Å². The van der Waals surface area contributed by atoms with Crippen LogP contribution in [-0.2, 0) is 0 Å². The average molecular weight is 426 g/mol. The van der Waals surface area contributed by atoms with Gasteiger partial charge in [0.2, 0.25) is 0 Å². The number of fused-ring (bicyclic) bond motifs is 1. The first-order valence-electron chi connectivity index (χ1n) is 10.7. The van der Waals surface area contributed by atoms with Crippen molar-refractivity contribution in [1.82, 2.24) is 15.2 Å². The van der Waals surface area contributed by atoms with Crippen molar-refractivity contribution < 1.29 is 4.39 Å². The van der Waals surface area contributed by atoms with Crippen LogP contribution in [0.25, 0.3) is 33.4 Å². The summed E-state index contributed by atoms with van der Waals surface area (Å²) in [6.07, 6.45) is 3.44. The van der Waals surface area contributed by atoms with Crippen LogP contribution >= 0.6 is 0 Å². The lowest BCUT2D eigenvalue weighted by Crippen LogP contribution is -2.40. The van der Waals surface area contributed by atoms with E-state index in [2.05, 4.69) is 26.2 Å². The number of hydrogen-bond acceptors (Lipinski definition) is 5. The maximum atomic E-state index is 14.3. The second kappa shape index (κ2) is 8.06. The van der Waals surface area contributed by atoms with Gasteiger partial charge in [-0.3, -0.25) is 0 Å². The van der Waals surface area contributed by atoms with Crippen molar-refractivity contribution in [1.29, 1.82) is 5.26 Å². The van der Waals surface area contributed by atoms with Gasteiger partial charge in [-0.1, -0.05) is 18.2 Å². The Balaban J connectivity index is 1.73. The summed E-state index contributed by atoms with van der Waals surface area (Å²) in [6, 6.07) is 15.0. The minimum absolute atomic E-state index is 0.177. The Morgan fingerprint density at radius 2 is 2.00 bits per heavy atom. The predicted octanol–water partition coefficient (Wildman–Crippen LogP) is 4.54. The first-order valence-corrected chi connectivity index (χ1v) is 10.7. The van der Waals surface area contributed by atoms with E-state index in [0.29, 0.717) is 11.3 Å². The molecule has 1 aliphatic rings. The van der Waals surface area contributed by atoms with E-state index in [4.69, 9.17) is 5.73 Å². The van der Waals surface area contributed by atoms with Gasteiger partial charge >= 0.3 is 0 Å². The summed E-state index contributed by atoms with van der Waals surface area (Å²) in [7, 11) is 0. The average Bonchev–Trinajstić information content (AvgIpc) is 3.23. The molecule has 0 atom stereocenters. The first-order chi connectivity index (χ1) is 15.5. The zero-order chi connectivity index (χ0) is 22.2. The summed E-state index contributed by atoms with van der Waals surface area (Å²) >= 11 is 0. The zero-order valence-corrected chi connectivity index (χ0v) is 17.8. The summed E-state index contributed by atoms with van der Waals surface area (Å²) in [6.45, 7) is 3.44. The molecule has 3 heterocycles. The molecule has 2 aromatic carbocycles. The molecular formula is C25H23FN6. The highest BCUT2D eigenvalue weighted by Gasteiger charge is 2.25. The van der Waals surface area contributed by atoms with E-state index >= 15 is 0 Å². The van der Waals surface area contributed by atoms with Crippen LogP contribution in [0.5, 0.6) is 0 Å². The quantitative estimate of drug-likeness (QED) is 0.502. The number of hydrogen-bond donors (Lipinski definition) is 2. The number of nitrogens with one attached hydrogen (secondary N) is 1. The fourth-order valence-electron chi connectivity index (χ4n) is 4.49. The number of nitrogens with zero attached hydrogens (tertiary/aromatic N) is 4. The van der Waals surface area contributed by atoms with E-state index in [1.54, 1.807) is 12.3 Å². The van der Waals surface area contributed by atoms with Crippen molar-refractivity contribution in [2.45, 2.75) is 25.8 Å². The lowest BCUT2D eigenvalue weighted by atomic mass is 9.98. The Bertz CT molecular complexity index is 1320. The molecule has 5 rings (SSSR count). The predicted molar refractivity (Wildman–Crippen MR) is 124 cm³/mol. The molecule has 1 aliphatic heterocycles. The molecular weight excluding hydrogens is 403 g/mol. The van der Waals surface area contributed by atoms with E-state index in [-0.39, 0.29) is 11.9 Å². The summed E-state index contributed by atoms with van der Waals surface area (Å²) in [5, 5.41) is 19.2. The molecule has 0 radical (unpaired) electrons. The van der Waals surface area contributed by atoms with Crippen molar-refractivity contribution >= 4 is 16.6 Å². The minimum atomic E-state index is -0.283.